The molecule has 6 nitrogen and oxygen atoms in total. The fourth-order valence-corrected chi connectivity index (χ4v) is 4.05. The van der Waals surface area contributed by atoms with Crippen molar-refractivity contribution in [2.24, 2.45) is 5.92 Å². The third-order valence-electron chi connectivity index (χ3n) is 5.12. The van der Waals surface area contributed by atoms with Gasteiger partial charge in [0.25, 0.3) is 0 Å². The van der Waals surface area contributed by atoms with Crippen molar-refractivity contribution in [2.75, 3.05) is 13.1 Å². The van der Waals surface area contributed by atoms with Crippen molar-refractivity contribution in [1.29, 1.82) is 0 Å². The molecule has 2 saturated heterocycles. The van der Waals surface area contributed by atoms with Crippen molar-refractivity contribution in [2.45, 2.75) is 63.2 Å². The molecular formula is C15H24N2O4. The van der Waals surface area contributed by atoms with Gasteiger partial charge in [-0.05, 0) is 44.4 Å². The summed E-state index contributed by atoms with van der Waals surface area (Å²) in [7, 11) is 0. The Hall–Kier alpha value is -1.30. The lowest BCUT2D eigenvalue weighted by molar-refractivity contribution is -0.149. The number of hydrogen-bond donors (Lipinski definition) is 2. The van der Waals surface area contributed by atoms with Crippen LogP contribution in [0.1, 0.15) is 44.9 Å². The molecular weight excluding hydrogens is 272 g/mol. The SMILES string of the molecule is O=C(O)C1CCC(CNC(=O)N2CCCC3CCCC32)O1. The highest BCUT2D eigenvalue weighted by Crippen LogP contribution is 2.36. The van der Waals surface area contributed by atoms with E-state index in [1.165, 1.54) is 19.3 Å². The summed E-state index contributed by atoms with van der Waals surface area (Å²) >= 11 is 0. The number of carboxylic acid groups (broad SMARTS) is 1. The van der Waals surface area contributed by atoms with Crippen molar-refractivity contribution in [3.05, 3.63) is 0 Å². The minimum atomic E-state index is -0.909. The third kappa shape index (κ3) is 3.15. The first kappa shape index (κ1) is 14.6. The van der Waals surface area contributed by atoms with Gasteiger partial charge in [-0.15, -0.1) is 0 Å². The molecule has 2 amide bonds. The molecule has 0 aromatic rings. The van der Waals surface area contributed by atoms with Gasteiger partial charge in [0.15, 0.2) is 6.10 Å². The summed E-state index contributed by atoms with van der Waals surface area (Å²) in [5.41, 5.74) is 0. The van der Waals surface area contributed by atoms with Crippen LogP contribution >= 0.6 is 0 Å². The van der Waals surface area contributed by atoms with Crippen LogP contribution in [0.4, 0.5) is 4.79 Å². The van der Waals surface area contributed by atoms with Crippen LogP contribution in [0.25, 0.3) is 0 Å². The first-order valence-electron chi connectivity index (χ1n) is 8.08. The molecule has 0 bridgehead atoms. The number of nitrogens with zero attached hydrogens (tertiary/aromatic N) is 1. The summed E-state index contributed by atoms with van der Waals surface area (Å²) in [6.45, 7) is 1.26. The fourth-order valence-electron chi connectivity index (χ4n) is 4.05. The quantitative estimate of drug-likeness (QED) is 0.829. The predicted molar refractivity (Wildman–Crippen MR) is 76.0 cm³/mol. The second-order valence-corrected chi connectivity index (χ2v) is 6.44. The summed E-state index contributed by atoms with van der Waals surface area (Å²) in [6, 6.07) is 0.406. The number of aliphatic carboxylic acids is 1. The number of likely N-dealkylation sites (tertiary alicyclic amines) is 1. The Morgan fingerprint density at radius 2 is 1.95 bits per heavy atom. The zero-order valence-corrected chi connectivity index (χ0v) is 12.3. The standard InChI is InChI=1S/C15H24N2O4/c18-14(19)13-7-6-11(21-13)9-16-15(20)17-8-2-4-10-3-1-5-12(10)17/h10-13H,1-9H2,(H,16,20)(H,18,19). The Morgan fingerprint density at radius 3 is 2.71 bits per heavy atom. The van der Waals surface area contributed by atoms with E-state index in [0.717, 1.165) is 19.4 Å². The van der Waals surface area contributed by atoms with Crippen molar-refractivity contribution in [3.8, 4) is 0 Å². The van der Waals surface area contributed by atoms with Gasteiger partial charge >= 0.3 is 12.0 Å². The smallest absolute Gasteiger partial charge is 0.332 e. The molecule has 0 aromatic carbocycles. The number of fused-ring (bicyclic) bond motifs is 1. The first-order chi connectivity index (χ1) is 10.1. The number of carbonyl (C=O) groups is 2. The fraction of sp³-hybridized carbons (Fsp3) is 0.867. The van der Waals surface area contributed by atoms with E-state index >= 15 is 0 Å². The molecule has 0 aromatic heterocycles. The normalized spacial score (nSPS) is 35.5. The van der Waals surface area contributed by atoms with E-state index in [0.29, 0.717) is 31.3 Å². The van der Waals surface area contributed by atoms with Crippen molar-refractivity contribution in [1.82, 2.24) is 10.2 Å². The second-order valence-electron chi connectivity index (χ2n) is 6.44. The molecule has 6 heteroatoms. The van der Waals surface area contributed by atoms with E-state index in [2.05, 4.69) is 5.32 Å². The maximum absolute atomic E-state index is 12.4. The lowest BCUT2D eigenvalue weighted by atomic mass is 9.92. The van der Waals surface area contributed by atoms with Gasteiger partial charge < -0.3 is 20.1 Å². The average Bonchev–Trinajstić information content (AvgIpc) is 3.12. The Balaban J connectivity index is 1.47. The highest BCUT2D eigenvalue weighted by Gasteiger charge is 2.37. The van der Waals surface area contributed by atoms with Crippen LogP contribution in [-0.4, -0.2) is 53.3 Å². The Morgan fingerprint density at radius 1 is 1.14 bits per heavy atom. The highest BCUT2D eigenvalue weighted by molar-refractivity contribution is 5.75. The van der Waals surface area contributed by atoms with Gasteiger partial charge in [0.1, 0.15) is 0 Å². The number of amides is 2. The van der Waals surface area contributed by atoms with Gasteiger partial charge in [-0.3, -0.25) is 0 Å². The number of carbonyl (C=O) groups excluding carboxylic acids is 1. The van der Waals surface area contributed by atoms with Crippen molar-refractivity contribution >= 4 is 12.0 Å². The largest absolute Gasteiger partial charge is 0.479 e. The van der Waals surface area contributed by atoms with Gasteiger partial charge in [0.2, 0.25) is 0 Å². The van der Waals surface area contributed by atoms with Crippen LogP contribution in [-0.2, 0) is 9.53 Å². The van der Waals surface area contributed by atoms with Crippen molar-refractivity contribution in [3.63, 3.8) is 0 Å². The number of rotatable bonds is 3. The van der Waals surface area contributed by atoms with E-state index < -0.39 is 12.1 Å². The number of hydrogen-bond acceptors (Lipinski definition) is 3. The first-order valence-corrected chi connectivity index (χ1v) is 8.08. The molecule has 2 heterocycles. The summed E-state index contributed by atoms with van der Waals surface area (Å²) in [5.74, 6) is -0.225. The molecule has 0 radical (unpaired) electrons. The zero-order valence-electron chi connectivity index (χ0n) is 12.3. The maximum atomic E-state index is 12.4. The lowest BCUT2D eigenvalue weighted by Gasteiger charge is -2.37. The van der Waals surface area contributed by atoms with E-state index in [-0.39, 0.29) is 12.1 Å². The zero-order chi connectivity index (χ0) is 14.8. The molecule has 3 aliphatic rings. The molecule has 118 valence electrons. The summed E-state index contributed by atoms with van der Waals surface area (Å²) in [5, 5.41) is 11.8. The topological polar surface area (TPSA) is 78.9 Å². The van der Waals surface area contributed by atoms with E-state index in [9.17, 15) is 9.59 Å². The number of urea groups is 1. The molecule has 3 rings (SSSR count). The number of carboxylic acids is 1. The lowest BCUT2D eigenvalue weighted by Crippen LogP contribution is -2.51. The molecule has 4 unspecified atom stereocenters. The minimum Gasteiger partial charge on any atom is -0.479 e. The molecule has 1 saturated carbocycles. The average molecular weight is 296 g/mol. The second kappa shape index (κ2) is 6.22. The molecule has 0 spiro atoms. The van der Waals surface area contributed by atoms with E-state index in [1.54, 1.807) is 0 Å². The van der Waals surface area contributed by atoms with Crippen LogP contribution in [0, 0.1) is 5.92 Å². The van der Waals surface area contributed by atoms with Gasteiger partial charge in [-0.2, -0.15) is 0 Å². The number of nitrogens with one attached hydrogen (secondary N) is 1. The molecule has 4 atom stereocenters. The molecule has 2 aliphatic heterocycles. The minimum absolute atomic E-state index is 0.00558. The number of piperidine rings is 1. The van der Waals surface area contributed by atoms with Crippen LogP contribution in [0.5, 0.6) is 0 Å². The molecule has 3 fully saturated rings. The van der Waals surface area contributed by atoms with Gasteiger partial charge in [-0.25, -0.2) is 9.59 Å². The van der Waals surface area contributed by atoms with Crippen LogP contribution in [0.15, 0.2) is 0 Å². The van der Waals surface area contributed by atoms with Gasteiger partial charge in [-0.1, -0.05) is 6.42 Å². The molecule has 2 N–H and O–H groups in total. The van der Waals surface area contributed by atoms with Crippen LogP contribution < -0.4 is 5.32 Å². The van der Waals surface area contributed by atoms with Gasteiger partial charge in [0, 0.05) is 19.1 Å². The summed E-state index contributed by atoms with van der Waals surface area (Å²) in [6.07, 6.45) is 6.30. The Kier molecular flexibility index (Phi) is 4.33. The third-order valence-corrected chi connectivity index (χ3v) is 5.12. The van der Waals surface area contributed by atoms with Crippen LogP contribution in [0.3, 0.4) is 0 Å². The van der Waals surface area contributed by atoms with Crippen LogP contribution in [0.2, 0.25) is 0 Å². The Labute approximate surface area is 124 Å². The van der Waals surface area contributed by atoms with Gasteiger partial charge in [0.05, 0.1) is 6.10 Å². The number of ether oxygens (including phenoxy) is 1. The Bertz CT molecular complexity index is 414. The maximum Gasteiger partial charge on any atom is 0.332 e. The molecule has 21 heavy (non-hydrogen) atoms. The monoisotopic (exact) mass is 296 g/mol. The summed E-state index contributed by atoms with van der Waals surface area (Å²) in [4.78, 5) is 25.2. The van der Waals surface area contributed by atoms with E-state index in [1.807, 2.05) is 4.90 Å². The molecule has 1 aliphatic carbocycles. The predicted octanol–water partition coefficient (Wildman–Crippen LogP) is 1.59. The highest BCUT2D eigenvalue weighted by atomic mass is 16.5. The van der Waals surface area contributed by atoms with E-state index in [4.69, 9.17) is 9.84 Å². The summed E-state index contributed by atoms with van der Waals surface area (Å²) < 4.78 is 5.41. The van der Waals surface area contributed by atoms with Crippen molar-refractivity contribution < 1.29 is 19.4 Å².